The third kappa shape index (κ3) is 2.35. The Morgan fingerprint density at radius 1 is 1.42 bits per heavy atom. The van der Waals surface area contributed by atoms with Gasteiger partial charge in [-0.15, -0.1) is 0 Å². The smallest absolute Gasteiger partial charge is 0.126 e. The predicted octanol–water partition coefficient (Wildman–Crippen LogP) is 2.97. The van der Waals surface area contributed by atoms with Crippen LogP contribution in [0.1, 0.15) is 43.8 Å². The molecule has 0 radical (unpaired) electrons. The van der Waals surface area contributed by atoms with Crippen LogP contribution in [0.15, 0.2) is 18.2 Å². The van der Waals surface area contributed by atoms with Gasteiger partial charge in [-0.25, -0.2) is 4.39 Å². The molecule has 0 amide bonds. The molecule has 3 rings (SSSR count). The molecule has 0 aromatic heterocycles. The van der Waals surface area contributed by atoms with Gasteiger partial charge in [-0.05, 0) is 37.5 Å². The van der Waals surface area contributed by atoms with Crippen molar-refractivity contribution < 1.29 is 19.0 Å². The Labute approximate surface area is 112 Å². The number of hydrogen-bond acceptors (Lipinski definition) is 3. The summed E-state index contributed by atoms with van der Waals surface area (Å²) in [6.07, 6.45) is 3.81. The minimum absolute atomic E-state index is 0.183. The zero-order chi connectivity index (χ0) is 13.5. The first-order valence-corrected chi connectivity index (χ1v) is 6.81. The molecular weight excluding hydrogens is 247 g/mol. The maximum absolute atomic E-state index is 13.2. The minimum Gasteiger partial charge on any atom is -0.487 e. The van der Waals surface area contributed by atoms with E-state index in [1.807, 2.05) is 0 Å². The van der Waals surface area contributed by atoms with Gasteiger partial charge in [0.25, 0.3) is 0 Å². The van der Waals surface area contributed by atoms with E-state index in [1.165, 1.54) is 12.1 Å². The topological polar surface area (TPSA) is 38.7 Å². The molecule has 3 nitrogen and oxygen atoms in total. The third-order valence-electron chi connectivity index (χ3n) is 4.31. The summed E-state index contributed by atoms with van der Waals surface area (Å²) < 4.78 is 24.8. The number of hydrogen-bond donors (Lipinski definition) is 1. The van der Waals surface area contributed by atoms with E-state index in [4.69, 9.17) is 9.47 Å². The van der Waals surface area contributed by atoms with E-state index in [9.17, 15) is 9.50 Å². The molecule has 19 heavy (non-hydrogen) atoms. The molecule has 0 bridgehead atoms. The van der Waals surface area contributed by atoms with Crippen LogP contribution in [0.4, 0.5) is 4.39 Å². The summed E-state index contributed by atoms with van der Waals surface area (Å²) >= 11 is 0. The fraction of sp³-hybridized carbons (Fsp3) is 0.600. The van der Waals surface area contributed by atoms with Gasteiger partial charge >= 0.3 is 0 Å². The quantitative estimate of drug-likeness (QED) is 0.849. The van der Waals surface area contributed by atoms with E-state index in [0.29, 0.717) is 17.7 Å². The van der Waals surface area contributed by atoms with Crippen molar-refractivity contribution >= 4 is 0 Å². The molecule has 1 aliphatic heterocycles. The molecular formula is C15H19FO3. The lowest BCUT2D eigenvalue weighted by Gasteiger charge is -2.45. The van der Waals surface area contributed by atoms with E-state index >= 15 is 0 Å². The Kier molecular flexibility index (Phi) is 3.23. The Morgan fingerprint density at radius 3 is 3.05 bits per heavy atom. The Bertz CT molecular complexity index is 476. The summed E-state index contributed by atoms with van der Waals surface area (Å²) in [7, 11) is 1.71. The molecule has 4 heteroatoms. The normalized spacial score (nSPS) is 33.8. The molecule has 1 N–H and O–H groups in total. The van der Waals surface area contributed by atoms with Crippen LogP contribution in [0.2, 0.25) is 0 Å². The van der Waals surface area contributed by atoms with E-state index in [-0.39, 0.29) is 17.5 Å². The zero-order valence-electron chi connectivity index (χ0n) is 11.1. The van der Waals surface area contributed by atoms with Crippen molar-refractivity contribution in [1.29, 1.82) is 0 Å². The van der Waals surface area contributed by atoms with Crippen molar-refractivity contribution in [2.45, 2.75) is 49.9 Å². The highest BCUT2D eigenvalue weighted by Crippen LogP contribution is 2.46. The van der Waals surface area contributed by atoms with Gasteiger partial charge in [0.2, 0.25) is 0 Å². The van der Waals surface area contributed by atoms with Gasteiger partial charge in [-0.2, -0.15) is 0 Å². The van der Waals surface area contributed by atoms with Crippen LogP contribution < -0.4 is 4.74 Å². The monoisotopic (exact) mass is 266 g/mol. The number of aliphatic hydroxyl groups is 1. The standard InChI is InChI=1S/C15H19FO3/c1-18-11-3-2-6-15(8-11)9-13(17)12-7-10(16)4-5-14(12)19-15/h4-5,7,11,13,17H,2-3,6,8-9H2,1H3/t11?,13-,15?/m1/s1. The van der Waals surface area contributed by atoms with Gasteiger partial charge in [0.1, 0.15) is 17.2 Å². The minimum atomic E-state index is -0.657. The van der Waals surface area contributed by atoms with Crippen LogP contribution in [0, 0.1) is 5.82 Å². The van der Waals surface area contributed by atoms with E-state index in [1.54, 1.807) is 13.2 Å². The molecule has 1 aromatic rings. The van der Waals surface area contributed by atoms with Gasteiger partial charge in [0, 0.05) is 25.5 Å². The molecule has 1 heterocycles. The fourth-order valence-electron chi connectivity index (χ4n) is 3.36. The summed E-state index contributed by atoms with van der Waals surface area (Å²) in [4.78, 5) is 0. The molecule has 1 saturated carbocycles. The van der Waals surface area contributed by atoms with Crippen LogP contribution in [0.3, 0.4) is 0 Å². The second-order valence-corrected chi connectivity index (χ2v) is 5.64. The maximum Gasteiger partial charge on any atom is 0.126 e. The number of benzene rings is 1. The average Bonchev–Trinajstić information content (AvgIpc) is 2.40. The summed E-state index contributed by atoms with van der Waals surface area (Å²) in [6, 6.07) is 4.36. The van der Waals surface area contributed by atoms with Crippen LogP contribution in [-0.4, -0.2) is 23.9 Å². The molecule has 0 saturated heterocycles. The van der Waals surface area contributed by atoms with E-state index < -0.39 is 6.10 Å². The molecule has 1 fully saturated rings. The Morgan fingerprint density at radius 2 is 2.26 bits per heavy atom. The predicted molar refractivity (Wildman–Crippen MR) is 68.6 cm³/mol. The number of rotatable bonds is 1. The molecule has 1 aromatic carbocycles. The zero-order valence-corrected chi connectivity index (χ0v) is 11.1. The van der Waals surface area contributed by atoms with Crippen LogP contribution >= 0.6 is 0 Å². The SMILES string of the molecule is COC1CCCC2(C1)C[C@@H](O)c1cc(F)ccc1O2. The van der Waals surface area contributed by atoms with Crippen LogP contribution in [0.5, 0.6) is 5.75 Å². The third-order valence-corrected chi connectivity index (χ3v) is 4.31. The van der Waals surface area contributed by atoms with Crippen molar-refractivity contribution in [1.82, 2.24) is 0 Å². The van der Waals surface area contributed by atoms with E-state index in [2.05, 4.69) is 0 Å². The summed E-state index contributed by atoms with van der Waals surface area (Å²) in [6.45, 7) is 0. The van der Waals surface area contributed by atoms with Crippen molar-refractivity contribution in [3.8, 4) is 5.75 Å². The highest BCUT2D eigenvalue weighted by molar-refractivity contribution is 5.38. The van der Waals surface area contributed by atoms with Gasteiger partial charge in [0.15, 0.2) is 0 Å². The van der Waals surface area contributed by atoms with Gasteiger partial charge in [-0.1, -0.05) is 0 Å². The van der Waals surface area contributed by atoms with Crippen molar-refractivity contribution in [3.05, 3.63) is 29.6 Å². The first-order chi connectivity index (χ1) is 9.12. The van der Waals surface area contributed by atoms with Crippen molar-refractivity contribution in [2.24, 2.45) is 0 Å². The summed E-state index contributed by atoms with van der Waals surface area (Å²) in [5.41, 5.74) is 0.202. The Hall–Kier alpha value is -1.13. The fourth-order valence-corrected chi connectivity index (χ4v) is 3.36. The highest BCUT2D eigenvalue weighted by atomic mass is 19.1. The number of fused-ring (bicyclic) bond motifs is 1. The van der Waals surface area contributed by atoms with Crippen molar-refractivity contribution in [2.75, 3.05) is 7.11 Å². The molecule has 3 atom stereocenters. The first kappa shape index (κ1) is 12.9. The maximum atomic E-state index is 13.2. The lowest BCUT2D eigenvalue weighted by molar-refractivity contribution is -0.0797. The summed E-state index contributed by atoms with van der Waals surface area (Å²) in [5.74, 6) is 0.271. The van der Waals surface area contributed by atoms with E-state index in [0.717, 1.165) is 25.7 Å². The van der Waals surface area contributed by atoms with Crippen molar-refractivity contribution in [3.63, 3.8) is 0 Å². The second-order valence-electron chi connectivity index (χ2n) is 5.64. The molecule has 1 aliphatic carbocycles. The second kappa shape index (κ2) is 4.76. The molecule has 2 unspecified atom stereocenters. The molecule has 1 spiro atoms. The molecule has 104 valence electrons. The number of ether oxygens (including phenoxy) is 2. The average molecular weight is 266 g/mol. The Balaban J connectivity index is 1.89. The van der Waals surface area contributed by atoms with Crippen LogP contribution in [-0.2, 0) is 4.74 Å². The van der Waals surface area contributed by atoms with Gasteiger partial charge < -0.3 is 14.6 Å². The molecule has 2 aliphatic rings. The lowest BCUT2D eigenvalue weighted by Crippen LogP contribution is -2.46. The summed E-state index contributed by atoms with van der Waals surface area (Å²) in [5, 5.41) is 10.3. The first-order valence-electron chi connectivity index (χ1n) is 6.81. The lowest BCUT2D eigenvalue weighted by atomic mass is 9.76. The largest absolute Gasteiger partial charge is 0.487 e. The van der Waals surface area contributed by atoms with Gasteiger partial charge in [-0.3, -0.25) is 0 Å². The number of aliphatic hydroxyl groups excluding tert-OH is 1. The number of methoxy groups -OCH3 is 1. The van der Waals surface area contributed by atoms with Crippen LogP contribution in [0.25, 0.3) is 0 Å². The van der Waals surface area contributed by atoms with Gasteiger partial charge in [0.05, 0.1) is 12.2 Å². The highest BCUT2D eigenvalue weighted by Gasteiger charge is 2.44. The number of halogens is 1.